The number of benzene rings is 1. The van der Waals surface area contributed by atoms with Crippen molar-refractivity contribution in [3.8, 4) is 5.75 Å². The van der Waals surface area contributed by atoms with Crippen molar-refractivity contribution in [2.75, 3.05) is 6.61 Å². The Morgan fingerprint density at radius 2 is 1.62 bits per heavy atom. The highest BCUT2D eigenvalue weighted by atomic mass is 16.3. The first kappa shape index (κ1) is 11.5. The van der Waals surface area contributed by atoms with E-state index in [4.69, 9.17) is 0 Å². The van der Waals surface area contributed by atoms with E-state index in [9.17, 15) is 10.2 Å². The van der Waals surface area contributed by atoms with Crippen molar-refractivity contribution in [2.45, 2.75) is 38.5 Å². The van der Waals surface area contributed by atoms with E-state index in [0.717, 1.165) is 19.3 Å². The lowest BCUT2D eigenvalue weighted by molar-refractivity contribution is 0.0823. The molecule has 0 saturated heterocycles. The first-order valence-corrected chi connectivity index (χ1v) is 6.13. The van der Waals surface area contributed by atoms with Gasteiger partial charge in [0.05, 0.1) is 0 Å². The van der Waals surface area contributed by atoms with Gasteiger partial charge in [0.25, 0.3) is 0 Å². The van der Waals surface area contributed by atoms with Gasteiger partial charge >= 0.3 is 0 Å². The van der Waals surface area contributed by atoms with Crippen LogP contribution in [0.1, 0.15) is 37.7 Å². The maximum Gasteiger partial charge on any atom is 0.115 e. The lowest BCUT2D eigenvalue weighted by Crippen LogP contribution is -2.30. The third-order valence-corrected chi connectivity index (χ3v) is 3.77. The molecular formula is C14H20O2. The van der Waals surface area contributed by atoms with Crippen molar-refractivity contribution in [1.82, 2.24) is 0 Å². The molecule has 16 heavy (non-hydrogen) atoms. The van der Waals surface area contributed by atoms with Crippen LogP contribution in [0.5, 0.6) is 5.75 Å². The Morgan fingerprint density at radius 1 is 1.00 bits per heavy atom. The van der Waals surface area contributed by atoms with Gasteiger partial charge in [-0.25, -0.2) is 0 Å². The fourth-order valence-corrected chi connectivity index (χ4v) is 2.74. The zero-order chi connectivity index (χ0) is 11.4. The first-order chi connectivity index (χ1) is 7.74. The number of rotatable bonds is 3. The van der Waals surface area contributed by atoms with Crippen LogP contribution < -0.4 is 0 Å². The highest BCUT2D eigenvalue weighted by Gasteiger charge is 2.31. The van der Waals surface area contributed by atoms with Crippen LogP contribution in [-0.4, -0.2) is 16.8 Å². The van der Waals surface area contributed by atoms with Gasteiger partial charge in [0, 0.05) is 6.61 Å². The molecule has 0 bridgehead atoms. The second kappa shape index (κ2) is 4.88. The normalized spacial score (nSPS) is 19.6. The summed E-state index contributed by atoms with van der Waals surface area (Å²) in [4.78, 5) is 0. The van der Waals surface area contributed by atoms with Crippen molar-refractivity contribution in [1.29, 1.82) is 0 Å². The second-order valence-corrected chi connectivity index (χ2v) is 5.06. The average Bonchev–Trinajstić information content (AvgIpc) is 2.33. The summed E-state index contributed by atoms with van der Waals surface area (Å²) in [6, 6.07) is 7.37. The van der Waals surface area contributed by atoms with E-state index in [1.54, 1.807) is 12.1 Å². The largest absolute Gasteiger partial charge is 0.508 e. The molecule has 88 valence electrons. The summed E-state index contributed by atoms with van der Waals surface area (Å²) >= 11 is 0. The molecule has 1 aromatic carbocycles. The van der Waals surface area contributed by atoms with Crippen LogP contribution >= 0.6 is 0 Å². The smallest absolute Gasteiger partial charge is 0.115 e. The molecule has 2 nitrogen and oxygen atoms in total. The molecular weight excluding hydrogens is 200 g/mol. The van der Waals surface area contributed by atoms with Crippen LogP contribution in [0.15, 0.2) is 24.3 Å². The summed E-state index contributed by atoms with van der Waals surface area (Å²) in [6.07, 6.45) is 6.97. The summed E-state index contributed by atoms with van der Waals surface area (Å²) in [6.45, 7) is 0.286. The lowest BCUT2D eigenvalue weighted by Gasteiger charge is -2.35. The van der Waals surface area contributed by atoms with E-state index in [2.05, 4.69) is 0 Å². The highest BCUT2D eigenvalue weighted by Crippen LogP contribution is 2.38. The molecule has 0 unspecified atom stereocenters. The maximum atomic E-state index is 9.61. The molecule has 0 aromatic heterocycles. The molecule has 1 fully saturated rings. The average molecular weight is 220 g/mol. The van der Waals surface area contributed by atoms with Crippen molar-refractivity contribution < 1.29 is 10.2 Å². The molecule has 0 amide bonds. The zero-order valence-corrected chi connectivity index (χ0v) is 9.65. The fourth-order valence-electron chi connectivity index (χ4n) is 2.74. The van der Waals surface area contributed by atoms with Crippen LogP contribution in [0.25, 0.3) is 0 Å². The Morgan fingerprint density at radius 3 is 2.19 bits per heavy atom. The SMILES string of the molecule is OCC1(Cc2ccc(O)cc2)CCCCC1. The molecule has 0 aliphatic heterocycles. The van der Waals surface area contributed by atoms with E-state index in [0.29, 0.717) is 5.75 Å². The van der Waals surface area contributed by atoms with E-state index in [1.807, 2.05) is 12.1 Å². The predicted octanol–water partition coefficient (Wildman–Crippen LogP) is 2.88. The number of phenolic OH excluding ortho intramolecular Hbond substituents is 1. The topological polar surface area (TPSA) is 40.5 Å². The van der Waals surface area contributed by atoms with E-state index in [1.165, 1.54) is 24.8 Å². The van der Waals surface area contributed by atoms with Gasteiger partial charge in [0.2, 0.25) is 0 Å². The molecule has 2 rings (SSSR count). The van der Waals surface area contributed by atoms with Crippen LogP contribution in [0, 0.1) is 5.41 Å². The Labute approximate surface area is 96.9 Å². The van der Waals surface area contributed by atoms with Gasteiger partial charge in [-0.3, -0.25) is 0 Å². The van der Waals surface area contributed by atoms with Crippen molar-refractivity contribution in [2.24, 2.45) is 5.41 Å². The Balaban J connectivity index is 2.08. The monoisotopic (exact) mass is 220 g/mol. The minimum atomic E-state index is 0.0925. The van der Waals surface area contributed by atoms with Crippen molar-refractivity contribution >= 4 is 0 Å². The molecule has 0 spiro atoms. The molecule has 2 heteroatoms. The van der Waals surface area contributed by atoms with Crippen molar-refractivity contribution in [3.63, 3.8) is 0 Å². The quantitative estimate of drug-likeness (QED) is 0.822. The standard InChI is InChI=1S/C14H20O2/c15-11-14(8-2-1-3-9-14)10-12-4-6-13(16)7-5-12/h4-7,15-16H,1-3,8-11H2. The molecule has 1 aliphatic rings. The van der Waals surface area contributed by atoms with Crippen LogP contribution in [-0.2, 0) is 6.42 Å². The van der Waals surface area contributed by atoms with Gasteiger partial charge in [-0.1, -0.05) is 31.4 Å². The Hall–Kier alpha value is -1.02. The second-order valence-electron chi connectivity index (χ2n) is 5.06. The fraction of sp³-hybridized carbons (Fsp3) is 0.571. The molecule has 1 aromatic rings. The molecule has 0 atom stereocenters. The third kappa shape index (κ3) is 2.56. The summed E-state index contributed by atoms with van der Waals surface area (Å²) in [5, 5.41) is 18.8. The van der Waals surface area contributed by atoms with Gasteiger partial charge in [0.15, 0.2) is 0 Å². The van der Waals surface area contributed by atoms with E-state index in [-0.39, 0.29) is 12.0 Å². The number of aromatic hydroxyl groups is 1. The van der Waals surface area contributed by atoms with Gasteiger partial charge < -0.3 is 10.2 Å². The predicted molar refractivity (Wildman–Crippen MR) is 64.4 cm³/mol. The van der Waals surface area contributed by atoms with Gasteiger partial charge in [0.1, 0.15) is 5.75 Å². The Bertz CT molecular complexity index is 323. The number of phenols is 1. The number of aliphatic hydroxyl groups is 1. The molecule has 1 saturated carbocycles. The van der Waals surface area contributed by atoms with Gasteiger partial charge in [-0.15, -0.1) is 0 Å². The number of aliphatic hydroxyl groups excluding tert-OH is 1. The number of hydrogen-bond donors (Lipinski definition) is 2. The number of hydrogen-bond acceptors (Lipinski definition) is 2. The van der Waals surface area contributed by atoms with Gasteiger partial charge in [-0.2, -0.15) is 0 Å². The summed E-state index contributed by atoms with van der Waals surface area (Å²) in [5.74, 6) is 0.311. The van der Waals surface area contributed by atoms with Crippen LogP contribution in [0.3, 0.4) is 0 Å². The maximum absolute atomic E-state index is 9.61. The summed E-state index contributed by atoms with van der Waals surface area (Å²) in [5.41, 5.74) is 1.31. The molecule has 2 N–H and O–H groups in total. The van der Waals surface area contributed by atoms with E-state index >= 15 is 0 Å². The van der Waals surface area contributed by atoms with Gasteiger partial charge in [-0.05, 0) is 42.4 Å². The first-order valence-electron chi connectivity index (χ1n) is 6.13. The minimum Gasteiger partial charge on any atom is -0.508 e. The van der Waals surface area contributed by atoms with Crippen LogP contribution in [0.4, 0.5) is 0 Å². The highest BCUT2D eigenvalue weighted by molar-refractivity contribution is 5.26. The minimum absolute atomic E-state index is 0.0925. The summed E-state index contributed by atoms with van der Waals surface area (Å²) < 4.78 is 0. The molecule has 0 radical (unpaired) electrons. The molecule has 0 heterocycles. The lowest BCUT2D eigenvalue weighted by atomic mass is 9.71. The molecule has 1 aliphatic carbocycles. The van der Waals surface area contributed by atoms with Crippen molar-refractivity contribution in [3.05, 3.63) is 29.8 Å². The van der Waals surface area contributed by atoms with Crippen LogP contribution in [0.2, 0.25) is 0 Å². The van der Waals surface area contributed by atoms with E-state index < -0.39 is 0 Å². The summed E-state index contributed by atoms with van der Waals surface area (Å²) in [7, 11) is 0. The third-order valence-electron chi connectivity index (χ3n) is 3.77. The Kier molecular flexibility index (Phi) is 3.49. The zero-order valence-electron chi connectivity index (χ0n) is 9.65.